The van der Waals surface area contributed by atoms with Crippen LogP contribution in [0.1, 0.15) is 17.5 Å². The molecule has 0 atom stereocenters. The zero-order valence-electron chi connectivity index (χ0n) is 13.6. The third-order valence-electron chi connectivity index (χ3n) is 3.65. The van der Waals surface area contributed by atoms with Crippen LogP contribution < -0.4 is 10.0 Å². The SMILES string of the molecule is CNS(=O)(=O)c1ccc(CNC(=O)CCc2cccc(Cl)c2Cl)cc1. The number of carbonyl (C=O) groups is 1. The molecule has 0 aliphatic carbocycles. The Morgan fingerprint density at radius 1 is 1.08 bits per heavy atom. The number of hydrogen-bond donors (Lipinski definition) is 2. The molecule has 0 fully saturated rings. The number of aryl methyl sites for hydroxylation is 1. The molecule has 5 nitrogen and oxygen atoms in total. The summed E-state index contributed by atoms with van der Waals surface area (Å²) < 4.78 is 25.5. The van der Waals surface area contributed by atoms with Crippen LogP contribution in [0.15, 0.2) is 47.4 Å². The number of sulfonamides is 1. The van der Waals surface area contributed by atoms with Gasteiger partial charge in [-0.15, -0.1) is 0 Å². The van der Waals surface area contributed by atoms with Gasteiger partial charge in [0, 0.05) is 13.0 Å². The highest BCUT2D eigenvalue weighted by Crippen LogP contribution is 2.26. The molecule has 0 heterocycles. The maximum atomic E-state index is 12.0. The van der Waals surface area contributed by atoms with Crippen molar-refractivity contribution in [3.8, 4) is 0 Å². The molecular formula is C17H18Cl2N2O3S. The van der Waals surface area contributed by atoms with E-state index in [0.717, 1.165) is 11.1 Å². The highest BCUT2D eigenvalue weighted by molar-refractivity contribution is 7.89. The molecule has 0 saturated heterocycles. The van der Waals surface area contributed by atoms with Crippen LogP contribution in [0.2, 0.25) is 10.0 Å². The first-order valence-corrected chi connectivity index (χ1v) is 9.79. The van der Waals surface area contributed by atoms with Gasteiger partial charge in [-0.2, -0.15) is 0 Å². The number of halogens is 2. The van der Waals surface area contributed by atoms with Gasteiger partial charge in [-0.1, -0.05) is 47.5 Å². The predicted molar refractivity (Wildman–Crippen MR) is 99.3 cm³/mol. The quantitative estimate of drug-likeness (QED) is 0.749. The Bertz CT molecular complexity index is 853. The predicted octanol–water partition coefficient (Wildman–Crippen LogP) is 3.15. The van der Waals surface area contributed by atoms with Crippen molar-refractivity contribution in [1.82, 2.24) is 10.0 Å². The van der Waals surface area contributed by atoms with Crippen molar-refractivity contribution >= 4 is 39.1 Å². The van der Waals surface area contributed by atoms with E-state index in [1.807, 2.05) is 6.07 Å². The number of nitrogens with one attached hydrogen (secondary N) is 2. The lowest BCUT2D eigenvalue weighted by Crippen LogP contribution is -2.23. The molecule has 0 spiro atoms. The van der Waals surface area contributed by atoms with Gasteiger partial charge < -0.3 is 5.32 Å². The van der Waals surface area contributed by atoms with Crippen molar-refractivity contribution in [3.05, 3.63) is 63.6 Å². The monoisotopic (exact) mass is 400 g/mol. The molecule has 2 rings (SSSR count). The normalized spacial score (nSPS) is 11.3. The zero-order valence-corrected chi connectivity index (χ0v) is 15.9. The van der Waals surface area contributed by atoms with Crippen LogP contribution in [0.25, 0.3) is 0 Å². The average molecular weight is 401 g/mol. The molecule has 2 N–H and O–H groups in total. The van der Waals surface area contributed by atoms with Crippen molar-refractivity contribution < 1.29 is 13.2 Å². The minimum Gasteiger partial charge on any atom is -0.352 e. The summed E-state index contributed by atoms with van der Waals surface area (Å²) in [5.74, 6) is -0.122. The second-order valence-electron chi connectivity index (χ2n) is 5.34. The maximum Gasteiger partial charge on any atom is 0.240 e. The van der Waals surface area contributed by atoms with Crippen molar-refractivity contribution in [1.29, 1.82) is 0 Å². The molecule has 0 aliphatic rings. The number of rotatable bonds is 7. The maximum absolute atomic E-state index is 12.0. The summed E-state index contributed by atoms with van der Waals surface area (Å²) in [4.78, 5) is 12.1. The fraction of sp³-hybridized carbons (Fsp3) is 0.235. The van der Waals surface area contributed by atoms with Gasteiger partial charge in [-0.3, -0.25) is 4.79 Å². The van der Waals surface area contributed by atoms with Crippen LogP contribution in [0.3, 0.4) is 0 Å². The first-order chi connectivity index (χ1) is 11.8. The topological polar surface area (TPSA) is 75.3 Å². The molecule has 0 aromatic heterocycles. The van der Waals surface area contributed by atoms with Crippen LogP contribution in [0.5, 0.6) is 0 Å². The van der Waals surface area contributed by atoms with Crippen molar-refractivity contribution in [2.75, 3.05) is 7.05 Å². The Kier molecular flexibility index (Phi) is 6.84. The molecule has 0 unspecified atom stereocenters. The Morgan fingerprint density at radius 2 is 1.76 bits per heavy atom. The van der Waals surface area contributed by atoms with Gasteiger partial charge in [0.2, 0.25) is 15.9 Å². The van der Waals surface area contributed by atoms with E-state index in [2.05, 4.69) is 10.0 Å². The van der Waals surface area contributed by atoms with Gasteiger partial charge in [0.25, 0.3) is 0 Å². The molecule has 0 bridgehead atoms. The summed E-state index contributed by atoms with van der Waals surface area (Å²) in [6, 6.07) is 11.7. The molecule has 8 heteroatoms. The van der Waals surface area contributed by atoms with Crippen LogP contribution >= 0.6 is 23.2 Å². The molecular weight excluding hydrogens is 383 g/mol. The van der Waals surface area contributed by atoms with E-state index >= 15 is 0 Å². The van der Waals surface area contributed by atoms with E-state index in [9.17, 15) is 13.2 Å². The van der Waals surface area contributed by atoms with Gasteiger partial charge in [0.05, 0.1) is 14.9 Å². The number of amides is 1. The van der Waals surface area contributed by atoms with Crippen LogP contribution in [-0.4, -0.2) is 21.4 Å². The number of hydrogen-bond acceptors (Lipinski definition) is 3. The second-order valence-corrected chi connectivity index (χ2v) is 8.01. The summed E-state index contributed by atoms with van der Waals surface area (Å²) in [7, 11) is -2.10. The highest BCUT2D eigenvalue weighted by atomic mass is 35.5. The van der Waals surface area contributed by atoms with Gasteiger partial charge in [0.1, 0.15) is 0 Å². The Hall–Kier alpha value is -1.60. The number of benzene rings is 2. The first-order valence-electron chi connectivity index (χ1n) is 7.55. The zero-order chi connectivity index (χ0) is 18.4. The van der Waals surface area contributed by atoms with E-state index < -0.39 is 10.0 Å². The lowest BCUT2D eigenvalue weighted by molar-refractivity contribution is -0.121. The van der Waals surface area contributed by atoms with E-state index in [1.54, 1.807) is 24.3 Å². The summed E-state index contributed by atoms with van der Waals surface area (Å²) in [6.07, 6.45) is 0.775. The molecule has 2 aromatic rings. The summed E-state index contributed by atoms with van der Waals surface area (Å²) in [5, 5.41) is 3.73. The molecule has 134 valence electrons. The molecule has 0 saturated carbocycles. The molecule has 2 aromatic carbocycles. The third-order valence-corrected chi connectivity index (χ3v) is 5.93. The fourth-order valence-electron chi connectivity index (χ4n) is 2.18. The first kappa shape index (κ1) is 19.7. The molecule has 25 heavy (non-hydrogen) atoms. The van der Waals surface area contributed by atoms with Crippen molar-refractivity contribution in [2.45, 2.75) is 24.3 Å². The van der Waals surface area contributed by atoms with E-state index in [-0.39, 0.29) is 17.2 Å². The van der Waals surface area contributed by atoms with E-state index in [0.29, 0.717) is 23.0 Å². The standard InChI is InChI=1S/C17H18Cl2N2O3S/c1-20-25(23,24)14-8-5-12(6-9-14)11-21-16(22)10-7-13-3-2-4-15(18)17(13)19/h2-6,8-9,20H,7,10-11H2,1H3,(H,21,22). The largest absolute Gasteiger partial charge is 0.352 e. The minimum absolute atomic E-state index is 0.122. The average Bonchev–Trinajstić information content (AvgIpc) is 2.61. The summed E-state index contributed by atoms with van der Waals surface area (Å²) >= 11 is 12.0. The molecule has 0 radical (unpaired) electrons. The third kappa shape index (κ3) is 5.44. The van der Waals surface area contributed by atoms with Crippen molar-refractivity contribution in [2.24, 2.45) is 0 Å². The highest BCUT2D eigenvalue weighted by Gasteiger charge is 2.11. The van der Waals surface area contributed by atoms with E-state index in [1.165, 1.54) is 19.2 Å². The second kappa shape index (κ2) is 8.67. The van der Waals surface area contributed by atoms with Gasteiger partial charge in [-0.25, -0.2) is 13.1 Å². The number of carbonyl (C=O) groups excluding carboxylic acids is 1. The van der Waals surface area contributed by atoms with Gasteiger partial charge >= 0.3 is 0 Å². The van der Waals surface area contributed by atoms with Crippen LogP contribution in [-0.2, 0) is 27.8 Å². The summed E-state index contributed by atoms with van der Waals surface area (Å²) in [6.45, 7) is 0.321. The smallest absolute Gasteiger partial charge is 0.240 e. The molecule has 1 amide bonds. The fourth-order valence-corrected chi connectivity index (χ4v) is 3.33. The van der Waals surface area contributed by atoms with Gasteiger partial charge in [-0.05, 0) is 42.8 Å². The molecule has 0 aliphatic heterocycles. The van der Waals surface area contributed by atoms with Crippen LogP contribution in [0, 0.1) is 0 Å². The Labute approximate surface area is 157 Å². The van der Waals surface area contributed by atoms with Gasteiger partial charge in [0.15, 0.2) is 0 Å². The lowest BCUT2D eigenvalue weighted by Gasteiger charge is -2.08. The lowest BCUT2D eigenvalue weighted by atomic mass is 10.1. The van der Waals surface area contributed by atoms with Crippen LogP contribution in [0.4, 0.5) is 0 Å². The summed E-state index contributed by atoms with van der Waals surface area (Å²) in [5.41, 5.74) is 1.63. The Balaban J connectivity index is 1.87. The Morgan fingerprint density at radius 3 is 2.40 bits per heavy atom. The van der Waals surface area contributed by atoms with E-state index in [4.69, 9.17) is 23.2 Å². The van der Waals surface area contributed by atoms with Crippen molar-refractivity contribution in [3.63, 3.8) is 0 Å². The minimum atomic E-state index is -3.45.